The summed E-state index contributed by atoms with van der Waals surface area (Å²) in [6.45, 7) is 5.56. The summed E-state index contributed by atoms with van der Waals surface area (Å²) in [6.07, 6.45) is 8.04. The lowest BCUT2D eigenvalue weighted by Gasteiger charge is -1.97. The molecule has 0 atom stereocenters. The van der Waals surface area contributed by atoms with E-state index in [0.29, 0.717) is 0 Å². The van der Waals surface area contributed by atoms with Crippen LogP contribution in [-0.4, -0.2) is 0 Å². The third-order valence-electron chi connectivity index (χ3n) is 1.94. The van der Waals surface area contributed by atoms with Crippen molar-refractivity contribution in [3.8, 4) is 0 Å². The highest BCUT2D eigenvalue weighted by Crippen LogP contribution is 1.98. The second-order valence-corrected chi connectivity index (χ2v) is 3.20. The van der Waals surface area contributed by atoms with E-state index in [4.69, 9.17) is 0 Å². The highest BCUT2D eigenvalue weighted by atomic mass is 35.5. The molecule has 0 fully saturated rings. The molecule has 0 aliphatic heterocycles. The van der Waals surface area contributed by atoms with Crippen LogP contribution < -0.4 is 17.0 Å². The van der Waals surface area contributed by atoms with Crippen LogP contribution in [0.15, 0.2) is 24.5 Å². The molecule has 0 saturated carbocycles. The van der Waals surface area contributed by atoms with E-state index in [1.165, 1.54) is 24.8 Å². The number of halogens is 1. The van der Waals surface area contributed by atoms with Crippen molar-refractivity contribution in [1.82, 2.24) is 0 Å². The zero-order chi connectivity index (χ0) is 8.81. The first-order valence-electron chi connectivity index (χ1n) is 4.84. The highest BCUT2D eigenvalue weighted by Gasteiger charge is 1.99. The predicted octanol–water partition coefficient (Wildman–Crippen LogP) is -0.659. The molecule has 1 aromatic rings. The van der Waals surface area contributed by atoms with E-state index in [1.54, 1.807) is 0 Å². The van der Waals surface area contributed by atoms with Crippen molar-refractivity contribution in [1.29, 1.82) is 0 Å². The lowest BCUT2D eigenvalue weighted by molar-refractivity contribution is -0.697. The van der Waals surface area contributed by atoms with E-state index in [9.17, 15) is 0 Å². The third-order valence-corrected chi connectivity index (χ3v) is 1.94. The van der Waals surface area contributed by atoms with Crippen LogP contribution in [0.5, 0.6) is 0 Å². The Morgan fingerprint density at radius 3 is 2.62 bits per heavy atom. The molecule has 1 nitrogen and oxygen atoms in total. The minimum atomic E-state index is 0. The molecule has 0 bridgehead atoms. The number of hydrogen-bond acceptors (Lipinski definition) is 0. The maximum Gasteiger partial charge on any atom is 0.171 e. The molecule has 2 heteroatoms. The van der Waals surface area contributed by atoms with Crippen LogP contribution in [0.2, 0.25) is 0 Å². The van der Waals surface area contributed by atoms with Crippen LogP contribution in [0.4, 0.5) is 0 Å². The van der Waals surface area contributed by atoms with Gasteiger partial charge < -0.3 is 12.4 Å². The average Bonchev–Trinajstić information content (AvgIpc) is 2.06. The van der Waals surface area contributed by atoms with Gasteiger partial charge in [0.2, 0.25) is 0 Å². The minimum absolute atomic E-state index is 0. The Hall–Kier alpha value is -0.560. The normalized spacial score (nSPS) is 9.38. The van der Waals surface area contributed by atoms with E-state index < -0.39 is 0 Å². The first-order chi connectivity index (χ1) is 5.86. The molecule has 0 unspecified atom stereocenters. The van der Waals surface area contributed by atoms with Crippen molar-refractivity contribution in [3.05, 3.63) is 30.1 Å². The summed E-state index contributed by atoms with van der Waals surface area (Å²) in [7, 11) is 0. The number of aryl methyl sites for hydroxylation is 2. The van der Waals surface area contributed by atoms with E-state index in [0.717, 1.165) is 6.54 Å². The molecule has 0 amide bonds. The van der Waals surface area contributed by atoms with Crippen LogP contribution in [-0.2, 0) is 13.0 Å². The fraction of sp³-hybridized carbons (Fsp3) is 0.545. The summed E-state index contributed by atoms with van der Waals surface area (Å²) >= 11 is 0. The first-order valence-corrected chi connectivity index (χ1v) is 4.84. The van der Waals surface area contributed by atoms with Crippen molar-refractivity contribution >= 4 is 0 Å². The SMILES string of the molecule is CCCc1ccc[n+](CCC)c1.[Cl-]. The number of pyridine rings is 1. The van der Waals surface area contributed by atoms with E-state index in [-0.39, 0.29) is 12.4 Å². The van der Waals surface area contributed by atoms with E-state index >= 15 is 0 Å². The van der Waals surface area contributed by atoms with Gasteiger partial charge in [0.1, 0.15) is 6.54 Å². The van der Waals surface area contributed by atoms with Gasteiger partial charge in [-0.1, -0.05) is 20.3 Å². The average molecular weight is 200 g/mol. The van der Waals surface area contributed by atoms with Gasteiger partial charge in [-0.05, 0) is 12.5 Å². The Balaban J connectivity index is 0.00000144. The van der Waals surface area contributed by atoms with Crippen LogP contribution in [0.25, 0.3) is 0 Å². The molecule has 0 N–H and O–H groups in total. The maximum absolute atomic E-state index is 2.27. The van der Waals surface area contributed by atoms with Crippen molar-refractivity contribution in [3.63, 3.8) is 0 Å². The predicted molar refractivity (Wildman–Crippen MR) is 50.9 cm³/mol. The molecule has 1 heterocycles. The molecule has 0 spiro atoms. The van der Waals surface area contributed by atoms with Crippen LogP contribution >= 0.6 is 0 Å². The fourth-order valence-corrected chi connectivity index (χ4v) is 1.41. The third kappa shape index (κ3) is 4.28. The maximum atomic E-state index is 2.27. The van der Waals surface area contributed by atoms with Gasteiger partial charge in [-0.2, -0.15) is 0 Å². The molecule has 0 saturated heterocycles. The quantitative estimate of drug-likeness (QED) is 0.567. The summed E-state index contributed by atoms with van der Waals surface area (Å²) in [5.74, 6) is 0. The summed E-state index contributed by atoms with van der Waals surface area (Å²) < 4.78 is 2.27. The van der Waals surface area contributed by atoms with Gasteiger partial charge in [0, 0.05) is 18.1 Å². The number of aromatic nitrogens is 1. The van der Waals surface area contributed by atoms with Gasteiger partial charge in [0.25, 0.3) is 0 Å². The molecule has 0 aromatic carbocycles. The first kappa shape index (κ1) is 12.4. The van der Waals surface area contributed by atoms with Crippen LogP contribution in [0.3, 0.4) is 0 Å². The van der Waals surface area contributed by atoms with Crippen molar-refractivity contribution in [2.45, 2.75) is 39.7 Å². The van der Waals surface area contributed by atoms with Crippen LogP contribution in [0.1, 0.15) is 32.3 Å². The zero-order valence-electron chi connectivity index (χ0n) is 8.46. The number of nitrogens with zero attached hydrogens (tertiary/aromatic N) is 1. The molecule has 74 valence electrons. The van der Waals surface area contributed by atoms with E-state index in [1.807, 2.05) is 0 Å². The second-order valence-electron chi connectivity index (χ2n) is 3.20. The van der Waals surface area contributed by atoms with Gasteiger partial charge in [0.15, 0.2) is 12.4 Å². The smallest absolute Gasteiger partial charge is 0.171 e. The molecule has 1 aromatic heterocycles. The van der Waals surface area contributed by atoms with Gasteiger partial charge in [-0.25, -0.2) is 4.57 Å². The van der Waals surface area contributed by atoms with Gasteiger partial charge >= 0.3 is 0 Å². The topological polar surface area (TPSA) is 3.88 Å². The van der Waals surface area contributed by atoms with Crippen molar-refractivity contribution in [2.24, 2.45) is 0 Å². The van der Waals surface area contributed by atoms with Gasteiger partial charge in [-0.3, -0.25) is 0 Å². The summed E-state index contributed by atoms with van der Waals surface area (Å²) in [4.78, 5) is 0. The van der Waals surface area contributed by atoms with E-state index in [2.05, 4.69) is 42.9 Å². The molecule has 0 aliphatic rings. The number of rotatable bonds is 4. The zero-order valence-corrected chi connectivity index (χ0v) is 9.22. The highest BCUT2D eigenvalue weighted by molar-refractivity contribution is 5.04. The molecule has 0 aliphatic carbocycles. The Labute approximate surface area is 87.2 Å². The second kappa shape index (κ2) is 6.90. The lowest BCUT2D eigenvalue weighted by Crippen LogP contribution is -3.00. The molecule has 1 rings (SSSR count). The summed E-state index contributed by atoms with van der Waals surface area (Å²) in [5, 5.41) is 0. The standard InChI is InChI=1S/C11H18N.ClH/c1-3-6-11-7-5-9-12(10-11)8-4-2;/h5,7,9-10H,3-4,6,8H2,1-2H3;1H/q+1;/p-1. The summed E-state index contributed by atoms with van der Waals surface area (Å²) in [6, 6.07) is 4.34. The number of hydrogen-bond donors (Lipinski definition) is 0. The van der Waals surface area contributed by atoms with Gasteiger partial charge in [0.05, 0.1) is 0 Å². The monoisotopic (exact) mass is 199 g/mol. The Morgan fingerprint density at radius 1 is 1.23 bits per heavy atom. The Morgan fingerprint density at radius 2 is 2.00 bits per heavy atom. The fourth-order valence-electron chi connectivity index (χ4n) is 1.41. The van der Waals surface area contributed by atoms with Crippen molar-refractivity contribution in [2.75, 3.05) is 0 Å². The molecule has 13 heavy (non-hydrogen) atoms. The molecule has 0 radical (unpaired) electrons. The Kier molecular flexibility index (Phi) is 6.61. The summed E-state index contributed by atoms with van der Waals surface area (Å²) in [5.41, 5.74) is 1.45. The van der Waals surface area contributed by atoms with Gasteiger partial charge in [-0.15, -0.1) is 0 Å². The lowest BCUT2D eigenvalue weighted by atomic mass is 10.2. The molecular weight excluding hydrogens is 182 g/mol. The van der Waals surface area contributed by atoms with Crippen LogP contribution in [0, 0.1) is 0 Å². The Bertz CT molecular complexity index is 214. The molecular formula is C11H18ClN. The minimum Gasteiger partial charge on any atom is -1.00 e. The largest absolute Gasteiger partial charge is 1.00 e. The van der Waals surface area contributed by atoms with Crippen molar-refractivity contribution < 1.29 is 17.0 Å².